The molecule has 1 fully saturated rings. The number of nitrogens with zero attached hydrogens (tertiary/aromatic N) is 2. The topological polar surface area (TPSA) is 29.9 Å². The molecule has 0 saturated heterocycles. The minimum absolute atomic E-state index is 0.0212. The summed E-state index contributed by atoms with van der Waals surface area (Å²) in [6, 6.07) is 0.235. The number of halogens is 3. The smallest absolute Gasteiger partial charge is 0.312 e. The molecule has 1 heterocycles. The van der Waals surface area contributed by atoms with Crippen LogP contribution in [0.3, 0.4) is 0 Å². The number of nitrogens with one attached hydrogen (secondary N) is 1. The van der Waals surface area contributed by atoms with E-state index in [1.54, 1.807) is 0 Å². The summed E-state index contributed by atoms with van der Waals surface area (Å²) in [5, 5.41) is 7.49. The van der Waals surface area contributed by atoms with Crippen LogP contribution in [-0.2, 0) is 6.18 Å². The summed E-state index contributed by atoms with van der Waals surface area (Å²) < 4.78 is 39.8. The predicted octanol–water partition coefficient (Wildman–Crippen LogP) is 4.17. The molecule has 0 aromatic carbocycles. The molecule has 0 aliphatic heterocycles. The van der Waals surface area contributed by atoms with Gasteiger partial charge in [0.05, 0.1) is 17.8 Å². The van der Waals surface area contributed by atoms with E-state index in [1.807, 2.05) is 0 Å². The van der Waals surface area contributed by atoms with E-state index in [4.69, 9.17) is 0 Å². The van der Waals surface area contributed by atoms with Crippen LogP contribution in [-0.4, -0.2) is 22.4 Å². The lowest BCUT2D eigenvalue weighted by Gasteiger charge is -2.30. The first-order chi connectivity index (χ1) is 10.0. The minimum atomic E-state index is -4.31. The van der Waals surface area contributed by atoms with Crippen molar-refractivity contribution >= 4 is 0 Å². The first kappa shape index (κ1) is 16.3. The molecule has 0 bridgehead atoms. The molecule has 120 valence electrons. The van der Waals surface area contributed by atoms with Crippen molar-refractivity contribution < 1.29 is 13.2 Å². The Morgan fingerprint density at radius 2 is 1.95 bits per heavy atom. The molecule has 1 N–H and O–H groups in total. The Labute approximate surface area is 123 Å². The average Bonchev–Trinajstić information content (AvgIpc) is 2.87. The summed E-state index contributed by atoms with van der Waals surface area (Å²) in [6.45, 7) is 3.00. The zero-order chi connectivity index (χ0) is 15.3. The van der Waals surface area contributed by atoms with Gasteiger partial charge in [0.2, 0.25) is 0 Å². The van der Waals surface area contributed by atoms with E-state index in [-0.39, 0.29) is 12.1 Å². The van der Waals surface area contributed by atoms with E-state index in [2.05, 4.69) is 17.3 Å². The summed E-state index contributed by atoms with van der Waals surface area (Å²) in [7, 11) is 0. The maximum absolute atomic E-state index is 12.7. The molecule has 21 heavy (non-hydrogen) atoms. The van der Waals surface area contributed by atoms with Gasteiger partial charge in [0, 0.05) is 12.2 Å². The van der Waals surface area contributed by atoms with Crippen LogP contribution >= 0.6 is 0 Å². The second kappa shape index (κ2) is 7.29. The first-order valence-electron chi connectivity index (χ1n) is 7.87. The van der Waals surface area contributed by atoms with Gasteiger partial charge >= 0.3 is 6.18 Å². The molecule has 1 aliphatic carbocycles. The van der Waals surface area contributed by atoms with Crippen LogP contribution in [0.25, 0.3) is 0 Å². The molecule has 0 amide bonds. The Hall–Kier alpha value is -1.04. The highest BCUT2D eigenvalue weighted by atomic mass is 19.4. The lowest BCUT2D eigenvalue weighted by molar-refractivity contribution is -0.137. The molecule has 2 atom stereocenters. The van der Waals surface area contributed by atoms with E-state index >= 15 is 0 Å². The molecule has 3 nitrogen and oxygen atoms in total. The molecule has 1 aromatic rings. The predicted molar refractivity (Wildman–Crippen MR) is 76.0 cm³/mol. The van der Waals surface area contributed by atoms with Crippen molar-refractivity contribution in [1.29, 1.82) is 0 Å². The van der Waals surface area contributed by atoms with Crippen molar-refractivity contribution in [1.82, 2.24) is 15.1 Å². The van der Waals surface area contributed by atoms with Crippen LogP contribution in [0.2, 0.25) is 0 Å². The third-order valence-corrected chi connectivity index (χ3v) is 4.15. The SMILES string of the molecule is CCCNC1CCCCCCC1n1cc(C(F)(F)F)cn1. The van der Waals surface area contributed by atoms with Gasteiger partial charge in [0.1, 0.15) is 0 Å². The number of aromatic nitrogens is 2. The van der Waals surface area contributed by atoms with Gasteiger partial charge in [-0.1, -0.05) is 32.6 Å². The Morgan fingerprint density at radius 1 is 1.24 bits per heavy atom. The maximum Gasteiger partial charge on any atom is 0.419 e. The molecule has 0 spiro atoms. The van der Waals surface area contributed by atoms with Crippen molar-refractivity contribution in [2.75, 3.05) is 6.54 Å². The molecule has 1 aromatic heterocycles. The Morgan fingerprint density at radius 3 is 2.57 bits per heavy atom. The Balaban J connectivity index is 2.15. The average molecular weight is 303 g/mol. The van der Waals surface area contributed by atoms with E-state index in [0.29, 0.717) is 0 Å². The molecule has 6 heteroatoms. The van der Waals surface area contributed by atoms with Crippen LogP contribution in [0, 0.1) is 0 Å². The van der Waals surface area contributed by atoms with Gasteiger partial charge in [-0.3, -0.25) is 4.68 Å². The van der Waals surface area contributed by atoms with Crippen molar-refractivity contribution in [3.8, 4) is 0 Å². The molecule has 2 unspecified atom stereocenters. The van der Waals surface area contributed by atoms with Gasteiger partial charge in [0.15, 0.2) is 0 Å². The zero-order valence-corrected chi connectivity index (χ0v) is 12.5. The van der Waals surface area contributed by atoms with Gasteiger partial charge in [-0.15, -0.1) is 0 Å². The summed E-state index contributed by atoms with van der Waals surface area (Å²) >= 11 is 0. The van der Waals surface area contributed by atoms with Gasteiger partial charge in [-0.05, 0) is 25.8 Å². The highest BCUT2D eigenvalue weighted by Crippen LogP contribution is 2.32. The highest BCUT2D eigenvalue weighted by molar-refractivity contribution is 5.09. The molecule has 2 rings (SSSR count). The Bertz CT molecular complexity index is 426. The first-order valence-corrected chi connectivity index (χ1v) is 7.87. The van der Waals surface area contributed by atoms with Gasteiger partial charge in [-0.25, -0.2) is 0 Å². The summed E-state index contributed by atoms with van der Waals surface area (Å²) in [4.78, 5) is 0. The van der Waals surface area contributed by atoms with E-state index in [1.165, 1.54) is 11.1 Å². The van der Waals surface area contributed by atoms with Crippen molar-refractivity contribution in [2.24, 2.45) is 0 Å². The van der Waals surface area contributed by atoms with Crippen molar-refractivity contribution in [3.63, 3.8) is 0 Å². The van der Waals surface area contributed by atoms with Crippen LogP contribution in [0.15, 0.2) is 12.4 Å². The number of hydrogen-bond acceptors (Lipinski definition) is 2. The third kappa shape index (κ3) is 4.46. The maximum atomic E-state index is 12.7. The molecular formula is C15H24F3N3. The second-order valence-corrected chi connectivity index (χ2v) is 5.83. The normalized spacial score (nSPS) is 24.6. The lowest BCUT2D eigenvalue weighted by Crippen LogP contribution is -2.39. The quantitative estimate of drug-likeness (QED) is 0.905. The molecule has 0 radical (unpaired) electrons. The van der Waals surface area contributed by atoms with E-state index < -0.39 is 11.7 Å². The van der Waals surface area contributed by atoms with Gasteiger partial charge in [0.25, 0.3) is 0 Å². The van der Waals surface area contributed by atoms with E-state index in [0.717, 1.165) is 57.5 Å². The largest absolute Gasteiger partial charge is 0.419 e. The van der Waals surface area contributed by atoms with Gasteiger partial charge in [-0.2, -0.15) is 18.3 Å². The number of hydrogen-bond donors (Lipinski definition) is 1. The Kier molecular flexibility index (Phi) is 5.67. The van der Waals surface area contributed by atoms with E-state index in [9.17, 15) is 13.2 Å². The fourth-order valence-corrected chi connectivity index (χ4v) is 3.02. The standard InChI is InChI=1S/C15H24F3N3/c1-2-9-19-13-7-5-3-4-6-8-14(13)21-11-12(10-20-21)15(16,17)18/h10-11,13-14,19H,2-9H2,1H3. The number of alkyl halides is 3. The van der Waals surface area contributed by atoms with Crippen molar-refractivity contribution in [3.05, 3.63) is 18.0 Å². The minimum Gasteiger partial charge on any atom is -0.312 e. The van der Waals surface area contributed by atoms with Crippen LogP contribution in [0.5, 0.6) is 0 Å². The molecule has 1 aliphatic rings. The number of rotatable bonds is 4. The van der Waals surface area contributed by atoms with Gasteiger partial charge < -0.3 is 5.32 Å². The highest BCUT2D eigenvalue weighted by Gasteiger charge is 2.34. The molecular weight excluding hydrogens is 279 g/mol. The fourth-order valence-electron chi connectivity index (χ4n) is 3.02. The van der Waals surface area contributed by atoms with Crippen molar-refractivity contribution in [2.45, 2.75) is 70.1 Å². The summed E-state index contributed by atoms with van der Waals surface area (Å²) in [5.74, 6) is 0. The second-order valence-electron chi connectivity index (χ2n) is 5.83. The monoisotopic (exact) mass is 303 g/mol. The summed E-state index contributed by atoms with van der Waals surface area (Å²) in [5.41, 5.74) is -0.654. The summed E-state index contributed by atoms with van der Waals surface area (Å²) in [6.07, 6.45) is 5.26. The zero-order valence-electron chi connectivity index (χ0n) is 12.5. The molecule has 1 saturated carbocycles. The third-order valence-electron chi connectivity index (χ3n) is 4.15. The fraction of sp³-hybridized carbons (Fsp3) is 0.800. The van der Waals surface area contributed by atoms with Crippen LogP contribution < -0.4 is 5.32 Å². The van der Waals surface area contributed by atoms with Crippen LogP contribution in [0.4, 0.5) is 13.2 Å². The lowest BCUT2D eigenvalue weighted by atomic mass is 9.92. The van der Waals surface area contributed by atoms with Crippen LogP contribution in [0.1, 0.15) is 63.5 Å².